The molecular formula is C25H23NO4S. The summed E-state index contributed by atoms with van der Waals surface area (Å²) in [6.45, 7) is 3.42. The van der Waals surface area contributed by atoms with Crippen LogP contribution in [-0.4, -0.2) is 31.7 Å². The number of ether oxygens (including phenoxy) is 2. The maximum atomic E-state index is 13.5. The van der Waals surface area contributed by atoms with E-state index in [1.165, 1.54) is 11.8 Å². The molecule has 1 aliphatic rings. The Balaban J connectivity index is 1.70. The lowest BCUT2D eigenvalue weighted by molar-refractivity contribution is 0.0335. The number of benzene rings is 3. The second-order valence-electron chi connectivity index (χ2n) is 6.99. The van der Waals surface area contributed by atoms with E-state index >= 15 is 0 Å². The third kappa shape index (κ3) is 4.81. The molecule has 3 aromatic carbocycles. The first-order valence-corrected chi connectivity index (χ1v) is 11.0. The summed E-state index contributed by atoms with van der Waals surface area (Å²) in [5.41, 5.74) is 2.78. The Bertz CT molecular complexity index is 1080. The van der Waals surface area contributed by atoms with Crippen LogP contribution in [0.3, 0.4) is 0 Å². The fourth-order valence-corrected chi connectivity index (χ4v) is 4.45. The molecule has 0 fully saturated rings. The number of amides is 1. The summed E-state index contributed by atoms with van der Waals surface area (Å²) in [5.74, 6) is -0.519. The molecule has 0 aliphatic carbocycles. The van der Waals surface area contributed by atoms with Gasteiger partial charge in [0.1, 0.15) is 6.61 Å². The molecule has 0 aromatic heterocycles. The van der Waals surface area contributed by atoms with E-state index in [1.807, 2.05) is 67.6 Å². The Morgan fingerprint density at radius 2 is 1.71 bits per heavy atom. The van der Waals surface area contributed by atoms with Crippen LogP contribution in [0.1, 0.15) is 33.2 Å². The average molecular weight is 434 g/mol. The smallest absolute Gasteiger partial charge is 0.338 e. The lowest BCUT2D eigenvalue weighted by Crippen LogP contribution is -2.30. The number of carbonyl (C=O) groups excluding carboxylic acids is 2. The highest BCUT2D eigenvalue weighted by molar-refractivity contribution is 7.99. The second kappa shape index (κ2) is 9.81. The van der Waals surface area contributed by atoms with Crippen molar-refractivity contribution in [2.24, 2.45) is 0 Å². The summed E-state index contributed by atoms with van der Waals surface area (Å²) in [7, 11) is 0. The summed E-state index contributed by atoms with van der Waals surface area (Å²) in [6, 6.07) is 22.8. The van der Waals surface area contributed by atoms with Gasteiger partial charge >= 0.3 is 5.97 Å². The molecule has 0 spiro atoms. The van der Waals surface area contributed by atoms with Gasteiger partial charge in [-0.3, -0.25) is 4.79 Å². The molecule has 158 valence electrons. The molecule has 0 unspecified atom stereocenters. The first-order chi connectivity index (χ1) is 15.2. The zero-order valence-corrected chi connectivity index (χ0v) is 18.1. The molecule has 1 aliphatic heterocycles. The van der Waals surface area contributed by atoms with E-state index in [9.17, 15) is 9.59 Å². The largest absolute Gasteiger partial charge is 0.460 e. The molecule has 1 heterocycles. The molecule has 6 heteroatoms. The van der Waals surface area contributed by atoms with E-state index in [1.54, 1.807) is 17.0 Å². The van der Waals surface area contributed by atoms with Crippen molar-refractivity contribution in [3.05, 3.63) is 89.5 Å². The van der Waals surface area contributed by atoms with Crippen molar-refractivity contribution < 1.29 is 19.1 Å². The second-order valence-corrected chi connectivity index (χ2v) is 8.07. The monoisotopic (exact) mass is 433 g/mol. The standard InChI is InChI=1S/C25H23NO4S/c1-2-29-14-15-30-25(28)19-12-13-23-21(16-19)26(17-18-8-4-3-5-9-18)24(27)20-10-6-7-11-22(20)31-23/h3-13,16H,2,14-15,17H2,1H3. The SMILES string of the molecule is CCOCCOC(=O)c1ccc2c(c1)N(Cc1ccccc1)C(=O)c1ccccc1S2. The van der Waals surface area contributed by atoms with E-state index in [4.69, 9.17) is 9.47 Å². The fourth-order valence-electron chi connectivity index (χ4n) is 3.39. The van der Waals surface area contributed by atoms with Crippen LogP contribution in [0.4, 0.5) is 5.69 Å². The van der Waals surface area contributed by atoms with Gasteiger partial charge in [0, 0.05) is 16.4 Å². The van der Waals surface area contributed by atoms with Gasteiger partial charge < -0.3 is 14.4 Å². The van der Waals surface area contributed by atoms with E-state index in [2.05, 4.69) is 0 Å². The first-order valence-electron chi connectivity index (χ1n) is 10.2. The minimum Gasteiger partial charge on any atom is -0.460 e. The van der Waals surface area contributed by atoms with Crippen LogP contribution in [0.25, 0.3) is 0 Å². The van der Waals surface area contributed by atoms with E-state index in [0.717, 1.165) is 15.4 Å². The number of carbonyl (C=O) groups is 2. The van der Waals surface area contributed by atoms with E-state index in [-0.39, 0.29) is 12.5 Å². The number of nitrogens with zero attached hydrogens (tertiary/aromatic N) is 1. The van der Waals surface area contributed by atoms with Gasteiger partial charge in [-0.15, -0.1) is 0 Å². The molecule has 0 bridgehead atoms. The summed E-state index contributed by atoms with van der Waals surface area (Å²) in [5, 5.41) is 0. The van der Waals surface area contributed by atoms with Crippen molar-refractivity contribution in [1.29, 1.82) is 0 Å². The highest BCUT2D eigenvalue weighted by atomic mass is 32.2. The Kier molecular flexibility index (Phi) is 6.70. The van der Waals surface area contributed by atoms with E-state index < -0.39 is 5.97 Å². The Labute approximate surface area is 186 Å². The summed E-state index contributed by atoms with van der Waals surface area (Å²) in [6.07, 6.45) is 0. The van der Waals surface area contributed by atoms with Crippen LogP contribution in [-0.2, 0) is 16.0 Å². The lowest BCUT2D eigenvalue weighted by atomic mass is 10.1. The third-order valence-corrected chi connectivity index (χ3v) is 6.06. The lowest BCUT2D eigenvalue weighted by Gasteiger charge is -2.23. The fraction of sp³-hybridized carbons (Fsp3) is 0.200. The molecule has 0 saturated carbocycles. The number of hydrogen-bond acceptors (Lipinski definition) is 5. The predicted octanol–water partition coefficient (Wildman–Crippen LogP) is 5.19. The molecule has 0 N–H and O–H groups in total. The van der Waals surface area contributed by atoms with Gasteiger partial charge in [0.05, 0.1) is 30.0 Å². The van der Waals surface area contributed by atoms with Gasteiger partial charge in [-0.25, -0.2) is 4.79 Å². The summed E-state index contributed by atoms with van der Waals surface area (Å²) in [4.78, 5) is 29.6. The van der Waals surface area contributed by atoms with Crippen molar-refractivity contribution in [2.75, 3.05) is 24.7 Å². The van der Waals surface area contributed by atoms with Gasteiger partial charge in [0.15, 0.2) is 0 Å². The van der Waals surface area contributed by atoms with Crippen LogP contribution < -0.4 is 4.90 Å². The Morgan fingerprint density at radius 3 is 2.52 bits per heavy atom. The molecular weight excluding hydrogens is 410 g/mol. The zero-order valence-electron chi connectivity index (χ0n) is 17.2. The van der Waals surface area contributed by atoms with Gasteiger partial charge in [0.2, 0.25) is 0 Å². The zero-order chi connectivity index (χ0) is 21.6. The van der Waals surface area contributed by atoms with Gasteiger partial charge in [0.25, 0.3) is 5.91 Å². The van der Waals surface area contributed by atoms with Gasteiger partial charge in [-0.05, 0) is 42.8 Å². The predicted molar refractivity (Wildman–Crippen MR) is 121 cm³/mol. The number of rotatable bonds is 7. The topological polar surface area (TPSA) is 55.8 Å². The molecule has 0 saturated heterocycles. The van der Waals surface area contributed by atoms with Crippen LogP contribution >= 0.6 is 11.8 Å². The highest BCUT2D eigenvalue weighted by Gasteiger charge is 2.28. The van der Waals surface area contributed by atoms with Crippen molar-refractivity contribution in [3.8, 4) is 0 Å². The highest BCUT2D eigenvalue weighted by Crippen LogP contribution is 2.42. The van der Waals surface area contributed by atoms with Crippen molar-refractivity contribution >= 4 is 29.3 Å². The number of hydrogen-bond donors (Lipinski definition) is 0. The minimum atomic E-state index is -0.429. The summed E-state index contributed by atoms with van der Waals surface area (Å²) >= 11 is 1.53. The van der Waals surface area contributed by atoms with Crippen LogP contribution in [0.15, 0.2) is 82.6 Å². The van der Waals surface area contributed by atoms with Crippen molar-refractivity contribution in [3.63, 3.8) is 0 Å². The Hall–Kier alpha value is -3.09. The average Bonchev–Trinajstić information content (AvgIpc) is 2.92. The summed E-state index contributed by atoms with van der Waals surface area (Å²) < 4.78 is 10.5. The molecule has 0 atom stereocenters. The van der Waals surface area contributed by atoms with Crippen molar-refractivity contribution in [2.45, 2.75) is 23.3 Å². The minimum absolute atomic E-state index is 0.0902. The normalized spacial score (nSPS) is 12.7. The number of fused-ring (bicyclic) bond motifs is 2. The van der Waals surface area contributed by atoms with Gasteiger partial charge in [-0.1, -0.05) is 54.2 Å². The van der Waals surface area contributed by atoms with E-state index in [0.29, 0.717) is 36.6 Å². The van der Waals surface area contributed by atoms with Crippen LogP contribution in [0, 0.1) is 0 Å². The maximum Gasteiger partial charge on any atom is 0.338 e. The molecule has 5 nitrogen and oxygen atoms in total. The third-order valence-electron chi connectivity index (χ3n) is 4.92. The van der Waals surface area contributed by atoms with Gasteiger partial charge in [-0.2, -0.15) is 0 Å². The number of anilines is 1. The van der Waals surface area contributed by atoms with Crippen LogP contribution in [0.2, 0.25) is 0 Å². The van der Waals surface area contributed by atoms with Crippen LogP contribution in [0.5, 0.6) is 0 Å². The molecule has 1 amide bonds. The first kappa shape index (κ1) is 21.2. The quantitative estimate of drug-likeness (QED) is 0.379. The molecule has 4 rings (SSSR count). The molecule has 3 aromatic rings. The maximum absolute atomic E-state index is 13.5. The number of esters is 1. The molecule has 0 radical (unpaired) electrons. The molecule has 31 heavy (non-hydrogen) atoms. The van der Waals surface area contributed by atoms with Crippen molar-refractivity contribution in [1.82, 2.24) is 0 Å². The Morgan fingerprint density at radius 1 is 0.935 bits per heavy atom.